The predicted octanol–water partition coefficient (Wildman–Crippen LogP) is 2.00. The Morgan fingerprint density at radius 2 is 1.84 bits per heavy atom. The summed E-state index contributed by atoms with van der Waals surface area (Å²) in [5.74, 6) is 0.882. The van der Waals surface area contributed by atoms with Crippen molar-refractivity contribution < 1.29 is 9.53 Å². The first-order valence-electron chi connectivity index (χ1n) is 6.45. The van der Waals surface area contributed by atoms with Crippen molar-refractivity contribution in [2.45, 2.75) is 25.8 Å². The molecule has 4 nitrogen and oxygen atoms in total. The van der Waals surface area contributed by atoms with Gasteiger partial charge in [-0.25, -0.2) is 0 Å². The summed E-state index contributed by atoms with van der Waals surface area (Å²) >= 11 is 0. The Kier molecular flexibility index (Phi) is 5.36. The molecule has 19 heavy (non-hydrogen) atoms. The van der Waals surface area contributed by atoms with Gasteiger partial charge in [-0.15, -0.1) is 0 Å². The summed E-state index contributed by atoms with van der Waals surface area (Å²) in [4.78, 5) is 13.9. The molecule has 1 N–H and O–H groups in total. The molecule has 0 bridgehead atoms. The summed E-state index contributed by atoms with van der Waals surface area (Å²) in [6.45, 7) is 4.76. The second kappa shape index (κ2) is 6.57. The summed E-state index contributed by atoms with van der Waals surface area (Å²) in [5.41, 5.74) is 0.682. The van der Waals surface area contributed by atoms with Gasteiger partial charge in [0.05, 0.1) is 12.6 Å². The summed E-state index contributed by atoms with van der Waals surface area (Å²) < 4.78 is 5.13. The topological polar surface area (TPSA) is 41.6 Å². The second-order valence-electron chi connectivity index (χ2n) is 5.45. The van der Waals surface area contributed by atoms with E-state index in [9.17, 15) is 4.79 Å². The number of hydrogen-bond donors (Lipinski definition) is 1. The summed E-state index contributed by atoms with van der Waals surface area (Å²) in [5, 5.41) is 3.06. The van der Waals surface area contributed by atoms with Crippen molar-refractivity contribution in [1.29, 1.82) is 0 Å². The molecule has 0 saturated heterocycles. The van der Waals surface area contributed by atoms with E-state index in [4.69, 9.17) is 4.74 Å². The molecule has 0 heterocycles. The molecule has 106 valence electrons. The largest absolute Gasteiger partial charge is 0.497 e. The minimum Gasteiger partial charge on any atom is -0.497 e. The third kappa shape index (κ3) is 4.91. The van der Waals surface area contributed by atoms with Gasteiger partial charge in [-0.1, -0.05) is 12.1 Å². The van der Waals surface area contributed by atoms with Crippen LogP contribution in [0.2, 0.25) is 0 Å². The minimum absolute atomic E-state index is 0.0644. The van der Waals surface area contributed by atoms with E-state index in [1.807, 2.05) is 57.1 Å². The fourth-order valence-corrected chi connectivity index (χ4v) is 1.82. The van der Waals surface area contributed by atoms with E-state index in [1.165, 1.54) is 0 Å². The maximum Gasteiger partial charge on any atom is 0.221 e. The van der Waals surface area contributed by atoms with Crippen molar-refractivity contribution in [2.24, 2.45) is 0 Å². The van der Waals surface area contributed by atoms with E-state index in [2.05, 4.69) is 5.32 Å². The van der Waals surface area contributed by atoms with Crippen LogP contribution >= 0.6 is 0 Å². The first-order valence-corrected chi connectivity index (χ1v) is 6.45. The van der Waals surface area contributed by atoms with Gasteiger partial charge in [0, 0.05) is 13.0 Å². The lowest BCUT2D eigenvalue weighted by atomic mass is 9.94. The zero-order valence-electron chi connectivity index (χ0n) is 12.5. The van der Waals surface area contributed by atoms with Gasteiger partial charge in [-0.05, 0) is 45.6 Å². The van der Waals surface area contributed by atoms with E-state index in [0.29, 0.717) is 6.42 Å². The van der Waals surface area contributed by atoms with Gasteiger partial charge in [0.25, 0.3) is 0 Å². The van der Waals surface area contributed by atoms with E-state index < -0.39 is 0 Å². The van der Waals surface area contributed by atoms with E-state index in [0.717, 1.165) is 17.9 Å². The van der Waals surface area contributed by atoms with Crippen molar-refractivity contribution >= 4 is 5.91 Å². The quantitative estimate of drug-likeness (QED) is 0.854. The van der Waals surface area contributed by atoms with Gasteiger partial charge < -0.3 is 15.0 Å². The number of methoxy groups -OCH3 is 1. The van der Waals surface area contributed by atoms with Gasteiger partial charge in [-0.2, -0.15) is 0 Å². The molecule has 0 aromatic heterocycles. The number of ether oxygens (including phenoxy) is 1. The third-order valence-corrected chi connectivity index (χ3v) is 3.05. The smallest absolute Gasteiger partial charge is 0.221 e. The van der Waals surface area contributed by atoms with E-state index in [-0.39, 0.29) is 11.4 Å². The molecule has 0 fully saturated rings. The molecule has 0 aliphatic rings. The molecular formula is C15H24N2O2. The minimum atomic E-state index is -0.379. The lowest BCUT2D eigenvalue weighted by molar-refractivity contribution is -0.123. The van der Waals surface area contributed by atoms with Gasteiger partial charge in [0.15, 0.2) is 0 Å². The third-order valence-electron chi connectivity index (χ3n) is 3.05. The molecule has 0 aliphatic heterocycles. The Hall–Kier alpha value is -1.55. The molecule has 0 atom stereocenters. The van der Waals surface area contributed by atoms with Crippen LogP contribution in [0.15, 0.2) is 24.3 Å². The highest BCUT2D eigenvalue weighted by molar-refractivity contribution is 5.77. The fourth-order valence-electron chi connectivity index (χ4n) is 1.82. The lowest BCUT2D eigenvalue weighted by Gasteiger charge is -2.27. The first kappa shape index (κ1) is 15.5. The summed E-state index contributed by atoms with van der Waals surface area (Å²) in [6.07, 6.45) is 0.507. The number of nitrogens with one attached hydrogen (secondary N) is 1. The predicted molar refractivity (Wildman–Crippen MR) is 77.3 cm³/mol. The highest BCUT2D eigenvalue weighted by Crippen LogP contribution is 2.22. The molecule has 4 heteroatoms. The molecule has 1 rings (SSSR count). The molecule has 1 aromatic rings. The SMILES string of the molecule is COc1ccc(C(C)(C)NC(=O)CCN(C)C)cc1. The van der Waals surface area contributed by atoms with Crippen molar-refractivity contribution in [2.75, 3.05) is 27.7 Å². The maximum absolute atomic E-state index is 11.9. The van der Waals surface area contributed by atoms with Crippen LogP contribution in [0.5, 0.6) is 5.75 Å². The first-order chi connectivity index (χ1) is 8.85. The Labute approximate surface area is 115 Å². The highest BCUT2D eigenvalue weighted by Gasteiger charge is 2.22. The Morgan fingerprint density at radius 1 is 1.26 bits per heavy atom. The number of rotatable bonds is 6. The number of hydrogen-bond acceptors (Lipinski definition) is 3. The van der Waals surface area contributed by atoms with Crippen LogP contribution in [0.1, 0.15) is 25.8 Å². The molecule has 1 amide bonds. The molecule has 0 unspecified atom stereocenters. The van der Waals surface area contributed by atoms with Crippen LogP contribution in [0.4, 0.5) is 0 Å². The Balaban J connectivity index is 2.65. The number of carbonyl (C=O) groups is 1. The Morgan fingerprint density at radius 3 is 2.32 bits per heavy atom. The fraction of sp³-hybridized carbons (Fsp3) is 0.533. The average molecular weight is 264 g/mol. The molecular weight excluding hydrogens is 240 g/mol. The molecule has 0 aliphatic carbocycles. The van der Waals surface area contributed by atoms with Gasteiger partial charge in [0.2, 0.25) is 5.91 Å². The number of carbonyl (C=O) groups excluding carboxylic acids is 1. The van der Waals surface area contributed by atoms with Crippen molar-refractivity contribution in [3.05, 3.63) is 29.8 Å². The van der Waals surface area contributed by atoms with Crippen LogP contribution in [0.3, 0.4) is 0 Å². The maximum atomic E-state index is 11.9. The monoisotopic (exact) mass is 264 g/mol. The zero-order valence-corrected chi connectivity index (χ0v) is 12.5. The van der Waals surface area contributed by atoms with Gasteiger partial charge in [-0.3, -0.25) is 4.79 Å². The van der Waals surface area contributed by atoms with Crippen LogP contribution in [-0.2, 0) is 10.3 Å². The van der Waals surface area contributed by atoms with E-state index in [1.54, 1.807) is 7.11 Å². The van der Waals surface area contributed by atoms with E-state index >= 15 is 0 Å². The Bertz CT molecular complexity index is 411. The number of nitrogens with zero attached hydrogens (tertiary/aromatic N) is 1. The molecule has 0 spiro atoms. The molecule has 0 saturated carbocycles. The zero-order chi connectivity index (χ0) is 14.5. The van der Waals surface area contributed by atoms with Crippen LogP contribution in [-0.4, -0.2) is 38.6 Å². The van der Waals surface area contributed by atoms with Crippen LogP contribution < -0.4 is 10.1 Å². The molecule has 1 aromatic carbocycles. The number of amides is 1. The second-order valence-corrected chi connectivity index (χ2v) is 5.45. The van der Waals surface area contributed by atoms with Gasteiger partial charge >= 0.3 is 0 Å². The van der Waals surface area contributed by atoms with Crippen molar-refractivity contribution in [1.82, 2.24) is 10.2 Å². The highest BCUT2D eigenvalue weighted by atomic mass is 16.5. The summed E-state index contributed by atoms with van der Waals surface area (Å²) in [7, 11) is 5.56. The standard InChI is InChI=1S/C15H24N2O2/c1-15(2,16-14(18)10-11-17(3)4)12-6-8-13(19-5)9-7-12/h6-9H,10-11H2,1-5H3,(H,16,18). The normalized spacial score (nSPS) is 11.5. The lowest BCUT2D eigenvalue weighted by Crippen LogP contribution is -2.41. The van der Waals surface area contributed by atoms with Crippen LogP contribution in [0, 0.1) is 0 Å². The van der Waals surface area contributed by atoms with Crippen molar-refractivity contribution in [3.63, 3.8) is 0 Å². The summed E-state index contributed by atoms with van der Waals surface area (Å²) in [6, 6.07) is 7.77. The average Bonchev–Trinajstić information content (AvgIpc) is 2.36. The number of benzene rings is 1. The van der Waals surface area contributed by atoms with Crippen molar-refractivity contribution in [3.8, 4) is 5.75 Å². The van der Waals surface area contributed by atoms with Crippen LogP contribution in [0.25, 0.3) is 0 Å². The van der Waals surface area contributed by atoms with Gasteiger partial charge in [0.1, 0.15) is 5.75 Å². The molecule has 0 radical (unpaired) electrons.